The largest absolute Gasteiger partial charge is 0.598 e. The Morgan fingerprint density at radius 2 is 1.91 bits per heavy atom. The van der Waals surface area contributed by atoms with Crippen molar-refractivity contribution in [3.8, 4) is 0 Å². The van der Waals surface area contributed by atoms with E-state index in [-0.39, 0.29) is 16.1 Å². The lowest BCUT2D eigenvalue weighted by Gasteiger charge is -2.26. The van der Waals surface area contributed by atoms with Crippen molar-refractivity contribution in [3.05, 3.63) is 40.6 Å². The molecule has 0 spiro atoms. The first-order valence-electron chi connectivity index (χ1n) is 6.73. The van der Waals surface area contributed by atoms with Crippen molar-refractivity contribution in [2.45, 2.75) is 38.5 Å². The van der Waals surface area contributed by atoms with Crippen LogP contribution in [0.5, 0.6) is 0 Å². The summed E-state index contributed by atoms with van der Waals surface area (Å²) in [6, 6.07) is 3.04. The molecule has 1 aromatic carbocycles. The number of rotatable bonds is 3. The van der Waals surface area contributed by atoms with Crippen molar-refractivity contribution in [2.24, 2.45) is 0 Å². The molecule has 0 unspecified atom stereocenters. The van der Waals surface area contributed by atoms with E-state index in [4.69, 9.17) is 11.6 Å². The standard InChI is InChI=1S/C15H17ClF2N2OS/c1-8(20-22(21)15(2,3)4)10-7-11-12(18)5-9(17)6-13(11)19-14(10)16/h5-8,20H,1-4H3/t8-,22+/m0/s1. The molecular weight excluding hydrogens is 330 g/mol. The van der Waals surface area contributed by atoms with Crippen LogP contribution < -0.4 is 4.72 Å². The number of halogens is 3. The summed E-state index contributed by atoms with van der Waals surface area (Å²) in [4.78, 5) is 4.03. The Kier molecular flexibility index (Phi) is 4.96. The Balaban J connectivity index is 2.41. The smallest absolute Gasteiger partial charge is 0.136 e. The Morgan fingerprint density at radius 3 is 2.50 bits per heavy atom. The molecule has 22 heavy (non-hydrogen) atoms. The Labute approximate surface area is 136 Å². The van der Waals surface area contributed by atoms with Gasteiger partial charge in [0.25, 0.3) is 0 Å². The van der Waals surface area contributed by atoms with Gasteiger partial charge in [0, 0.05) is 34.4 Å². The zero-order valence-corrected chi connectivity index (χ0v) is 14.3. The van der Waals surface area contributed by atoms with Crippen LogP contribution in [0.1, 0.15) is 39.3 Å². The van der Waals surface area contributed by atoms with Gasteiger partial charge in [-0.15, -0.1) is 4.72 Å². The van der Waals surface area contributed by atoms with E-state index in [1.165, 1.54) is 6.07 Å². The van der Waals surface area contributed by atoms with Crippen LogP contribution >= 0.6 is 11.6 Å². The molecule has 0 bridgehead atoms. The van der Waals surface area contributed by atoms with Gasteiger partial charge in [-0.25, -0.2) is 13.8 Å². The summed E-state index contributed by atoms with van der Waals surface area (Å²) in [5.41, 5.74) is 0.660. The van der Waals surface area contributed by atoms with Gasteiger partial charge in [0.05, 0.1) is 11.6 Å². The zero-order chi connectivity index (χ0) is 16.7. The van der Waals surface area contributed by atoms with Crippen molar-refractivity contribution in [2.75, 3.05) is 0 Å². The number of hydrogen-bond acceptors (Lipinski definition) is 3. The zero-order valence-electron chi connectivity index (χ0n) is 12.7. The molecule has 2 aromatic rings. The minimum atomic E-state index is -1.31. The molecule has 2 rings (SSSR count). The highest BCUT2D eigenvalue weighted by molar-refractivity contribution is 7.90. The number of pyridine rings is 1. The number of nitrogens with zero attached hydrogens (tertiary/aromatic N) is 1. The molecule has 1 heterocycles. The first-order chi connectivity index (χ1) is 10.1. The summed E-state index contributed by atoms with van der Waals surface area (Å²) >= 11 is 4.80. The second-order valence-corrected chi connectivity index (χ2v) is 8.40. The van der Waals surface area contributed by atoms with Gasteiger partial charge in [0.2, 0.25) is 0 Å². The molecule has 120 valence electrons. The number of fused-ring (bicyclic) bond motifs is 1. The maximum Gasteiger partial charge on any atom is 0.136 e. The fourth-order valence-corrected chi connectivity index (χ4v) is 3.01. The molecule has 0 aliphatic carbocycles. The average Bonchev–Trinajstić information content (AvgIpc) is 2.36. The average molecular weight is 347 g/mol. The Bertz CT molecular complexity index is 706. The SMILES string of the molecule is C[C@H](N[S@+]([O-])C(C)(C)C)c1cc2c(F)cc(F)cc2nc1Cl. The number of hydrogen-bond donors (Lipinski definition) is 1. The van der Waals surface area contributed by atoms with Crippen molar-refractivity contribution in [1.29, 1.82) is 0 Å². The minimum Gasteiger partial charge on any atom is -0.598 e. The van der Waals surface area contributed by atoms with E-state index >= 15 is 0 Å². The summed E-state index contributed by atoms with van der Waals surface area (Å²) in [5, 5.41) is 0.305. The Hall–Kier alpha value is -0.950. The summed E-state index contributed by atoms with van der Waals surface area (Å²) in [6.45, 7) is 7.28. The van der Waals surface area contributed by atoms with Crippen LogP contribution in [-0.4, -0.2) is 14.3 Å². The van der Waals surface area contributed by atoms with Gasteiger partial charge < -0.3 is 4.55 Å². The van der Waals surface area contributed by atoms with Crippen molar-refractivity contribution < 1.29 is 13.3 Å². The first-order valence-corrected chi connectivity index (χ1v) is 8.25. The van der Waals surface area contributed by atoms with Crippen molar-refractivity contribution >= 4 is 33.9 Å². The molecule has 1 N–H and O–H groups in total. The highest BCUT2D eigenvalue weighted by Crippen LogP contribution is 2.29. The predicted molar refractivity (Wildman–Crippen MR) is 86.1 cm³/mol. The third-order valence-corrected chi connectivity index (χ3v) is 5.12. The van der Waals surface area contributed by atoms with E-state index in [2.05, 4.69) is 9.71 Å². The lowest BCUT2D eigenvalue weighted by atomic mass is 10.1. The van der Waals surface area contributed by atoms with Gasteiger partial charge in [-0.2, -0.15) is 0 Å². The molecule has 0 aliphatic heterocycles. The van der Waals surface area contributed by atoms with Crippen LogP contribution in [0, 0.1) is 11.6 Å². The van der Waals surface area contributed by atoms with Crippen LogP contribution in [0.25, 0.3) is 10.9 Å². The topological polar surface area (TPSA) is 48.0 Å². The van der Waals surface area contributed by atoms with E-state index in [9.17, 15) is 13.3 Å². The lowest BCUT2D eigenvalue weighted by Crippen LogP contribution is -2.40. The van der Waals surface area contributed by atoms with Crippen LogP contribution in [0.2, 0.25) is 5.15 Å². The van der Waals surface area contributed by atoms with E-state index in [1.54, 1.807) is 6.92 Å². The second kappa shape index (κ2) is 6.28. The molecule has 0 radical (unpaired) electrons. The van der Waals surface area contributed by atoms with E-state index < -0.39 is 33.8 Å². The molecule has 0 amide bonds. The Morgan fingerprint density at radius 1 is 1.27 bits per heavy atom. The van der Waals surface area contributed by atoms with Crippen LogP contribution in [0.15, 0.2) is 18.2 Å². The van der Waals surface area contributed by atoms with Gasteiger partial charge in [-0.3, -0.25) is 0 Å². The summed E-state index contributed by atoms with van der Waals surface area (Å²) in [7, 11) is 0. The van der Waals surface area contributed by atoms with Crippen LogP contribution in [-0.2, 0) is 11.4 Å². The molecule has 1 aromatic heterocycles. The van der Waals surface area contributed by atoms with E-state index in [1.807, 2.05) is 20.8 Å². The van der Waals surface area contributed by atoms with Gasteiger partial charge in [-0.05, 0) is 33.8 Å². The normalized spacial score (nSPS) is 15.1. The molecule has 3 nitrogen and oxygen atoms in total. The number of aromatic nitrogens is 1. The summed E-state index contributed by atoms with van der Waals surface area (Å²) in [5.74, 6) is -1.41. The number of nitrogens with one attached hydrogen (secondary N) is 1. The predicted octanol–water partition coefficient (Wildman–Crippen LogP) is 4.28. The van der Waals surface area contributed by atoms with Crippen LogP contribution in [0.3, 0.4) is 0 Å². The van der Waals surface area contributed by atoms with Gasteiger partial charge in [0.15, 0.2) is 0 Å². The third kappa shape index (κ3) is 3.68. The second-order valence-electron chi connectivity index (χ2n) is 6.04. The maximum absolute atomic E-state index is 13.9. The minimum absolute atomic E-state index is 0.128. The maximum atomic E-state index is 13.9. The summed E-state index contributed by atoms with van der Waals surface area (Å²) < 4.78 is 41.7. The monoisotopic (exact) mass is 346 g/mol. The highest BCUT2D eigenvalue weighted by atomic mass is 35.5. The molecule has 7 heteroatoms. The third-order valence-electron chi connectivity index (χ3n) is 3.14. The van der Waals surface area contributed by atoms with Crippen LogP contribution in [0.4, 0.5) is 8.78 Å². The molecule has 0 saturated carbocycles. The summed E-state index contributed by atoms with van der Waals surface area (Å²) in [6.07, 6.45) is 0. The van der Waals surface area contributed by atoms with Crippen molar-refractivity contribution in [1.82, 2.24) is 9.71 Å². The van der Waals surface area contributed by atoms with E-state index in [0.29, 0.717) is 5.56 Å². The van der Waals surface area contributed by atoms with Gasteiger partial charge in [-0.1, -0.05) is 11.6 Å². The fraction of sp³-hybridized carbons (Fsp3) is 0.400. The lowest BCUT2D eigenvalue weighted by molar-refractivity contribution is 0.531. The first kappa shape index (κ1) is 17.4. The molecule has 0 saturated heterocycles. The fourth-order valence-electron chi connectivity index (χ4n) is 1.90. The molecule has 0 fully saturated rings. The van der Waals surface area contributed by atoms with Gasteiger partial charge >= 0.3 is 0 Å². The van der Waals surface area contributed by atoms with Crippen molar-refractivity contribution in [3.63, 3.8) is 0 Å². The van der Waals surface area contributed by atoms with Gasteiger partial charge in [0.1, 0.15) is 21.5 Å². The quantitative estimate of drug-likeness (QED) is 0.666. The highest BCUT2D eigenvalue weighted by Gasteiger charge is 2.29. The van der Waals surface area contributed by atoms with E-state index in [0.717, 1.165) is 12.1 Å². The molecule has 2 atom stereocenters. The number of benzene rings is 1. The molecular formula is C15H17ClF2N2OS. The molecule has 0 aliphatic rings.